The van der Waals surface area contributed by atoms with Crippen molar-refractivity contribution >= 4 is 12.1 Å². The minimum atomic E-state index is -1.29. The molecule has 6 heteroatoms. The number of amides is 1. The molecule has 0 aromatic heterocycles. The van der Waals surface area contributed by atoms with Crippen molar-refractivity contribution in [2.45, 2.75) is 18.3 Å². The van der Waals surface area contributed by atoms with Crippen LogP contribution in [0.1, 0.15) is 24.0 Å². The lowest BCUT2D eigenvalue weighted by atomic mass is 9.75. The number of aliphatic hydroxyl groups is 1. The molecule has 1 fully saturated rings. The van der Waals surface area contributed by atoms with Crippen LogP contribution in [0.5, 0.6) is 0 Å². The highest BCUT2D eigenvalue weighted by Crippen LogP contribution is 2.34. The van der Waals surface area contributed by atoms with Gasteiger partial charge in [0.1, 0.15) is 5.41 Å². The van der Waals surface area contributed by atoms with E-state index in [1.54, 1.807) is 0 Å². The Kier molecular flexibility index (Phi) is 6.31. The summed E-state index contributed by atoms with van der Waals surface area (Å²) in [7, 11) is 0. The molecule has 1 aliphatic heterocycles. The van der Waals surface area contributed by atoms with Crippen molar-refractivity contribution < 1.29 is 24.5 Å². The van der Waals surface area contributed by atoms with Gasteiger partial charge in [-0.1, -0.05) is 60.7 Å². The molecule has 0 radical (unpaired) electrons. The normalized spacial score (nSPS) is 15.2. The molecule has 1 saturated heterocycles. The second-order valence-electron chi connectivity index (χ2n) is 7.11. The van der Waals surface area contributed by atoms with Gasteiger partial charge < -0.3 is 19.8 Å². The van der Waals surface area contributed by atoms with Gasteiger partial charge in [0.15, 0.2) is 0 Å². The lowest BCUT2D eigenvalue weighted by Crippen LogP contribution is -2.43. The number of aliphatic hydroxyl groups excluding tert-OH is 1. The lowest BCUT2D eigenvalue weighted by Gasteiger charge is -2.33. The largest absolute Gasteiger partial charge is 0.465 e. The average Bonchev–Trinajstić information content (AvgIpc) is 2.75. The number of benzene rings is 2. The van der Waals surface area contributed by atoms with Crippen LogP contribution in [0.3, 0.4) is 0 Å². The van der Waals surface area contributed by atoms with Crippen LogP contribution in [-0.2, 0) is 14.9 Å². The number of carbonyl (C=O) groups excluding carboxylic acids is 1. The maximum atomic E-state index is 13.2. The highest BCUT2D eigenvalue weighted by Gasteiger charge is 2.43. The number of hydrogen-bond acceptors (Lipinski definition) is 4. The SMILES string of the molecule is O=C(O)N1CCC(COC(=O)C(CO)(c2ccccc2)c2ccccc2)CC1. The molecule has 2 aromatic carbocycles. The summed E-state index contributed by atoms with van der Waals surface area (Å²) in [6, 6.07) is 18.3. The van der Waals surface area contributed by atoms with E-state index in [4.69, 9.17) is 9.84 Å². The summed E-state index contributed by atoms with van der Waals surface area (Å²) in [6.45, 7) is 0.700. The minimum absolute atomic E-state index is 0.113. The van der Waals surface area contributed by atoms with E-state index < -0.39 is 24.1 Å². The zero-order valence-electron chi connectivity index (χ0n) is 15.7. The van der Waals surface area contributed by atoms with Crippen LogP contribution in [0.25, 0.3) is 0 Å². The molecule has 1 aliphatic rings. The summed E-state index contributed by atoms with van der Waals surface area (Å²) in [4.78, 5) is 25.6. The fraction of sp³-hybridized carbons (Fsp3) is 0.364. The Bertz CT molecular complexity index is 746. The highest BCUT2D eigenvalue weighted by molar-refractivity contribution is 5.88. The molecular formula is C22H25NO5. The summed E-state index contributed by atoms with van der Waals surface area (Å²) < 4.78 is 5.68. The number of likely N-dealkylation sites (tertiary alicyclic amines) is 1. The van der Waals surface area contributed by atoms with Gasteiger partial charge >= 0.3 is 12.1 Å². The Morgan fingerprint density at radius 3 is 1.89 bits per heavy atom. The van der Waals surface area contributed by atoms with E-state index in [9.17, 15) is 14.7 Å². The van der Waals surface area contributed by atoms with E-state index in [0.29, 0.717) is 37.1 Å². The number of hydrogen-bond donors (Lipinski definition) is 2. The topological polar surface area (TPSA) is 87.1 Å². The van der Waals surface area contributed by atoms with E-state index in [1.807, 2.05) is 60.7 Å². The van der Waals surface area contributed by atoms with Crippen LogP contribution in [0, 0.1) is 5.92 Å². The summed E-state index contributed by atoms with van der Waals surface area (Å²) in [5.74, 6) is -0.379. The number of rotatable bonds is 6. The zero-order valence-corrected chi connectivity index (χ0v) is 15.7. The smallest absolute Gasteiger partial charge is 0.407 e. The quantitative estimate of drug-likeness (QED) is 0.749. The van der Waals surface area contributed by atoms with E-state index in [0.717, 1.165) is 0 Å². The summed E-state index contributed by atoms with van der Waals surface area (Å²) in [6.07, 6.45) is 0.396. The maximum Gasteiger partial charge on any atom is 0.407 e. The molecular weight excluding hydrogens is 358 g/mol. The fourth-order valence-electron chi connectivity index (χ4n) is 3.70. The van der Waals surface area contributed by atoms with Crippen LogP contribution in [0.15, 0.2) is 60.7 Å². The van der Waals surface area contributed by atoms with E-state index in [2.05, 4.69) is 0 Å². The molecule has 0 aliphatic carbocycles. The second-order valence-corrected chi connectivity index (χ2v) is 7.11. The predicted molar refractivity (Wildman–Crippen MR) is 104 cm³/mol. The van der Waals surface area contributed by atoms with Gasteiger partial charge in [-0.25, -0.2) is 4.79 Å². The molecule has 0 saturated carbocycles. The minimum Gasteiger partial charge on any atom is -0.465 e. The second kappa shape index (κ2) is 8.89. The van der Waals surface area contributed by atoms with E-state index >= 15 is 0 Å². The molecule has 0 spiro atoms. The molecule has 2 N–H and O–H groups in total. The molecule has 2 aromatic rings. The Labute approximate surface area is 164 Å². The number of esters is 1. The Morgan fingerprint density at radius 1 is 0.964 bits per heavy atom. The third-order valence-electron chi connectivity index (χ3n) is 5.45. The maximum absolute atomic E-state index is 13.2. The zero-order chi connectivity index (χ0) is 20.0. The Morgan fingerprint density at radius 2 is 1.46 bits per heavy atom. The van der Waals surface area contributed by atoms with E-state index in [1.165, 1.54) is 4.90 Å². The predicted octanol–water partition coefficient (Wildman–Crippen LogP) is 2.90. The molecule has 0 atom stereocenters. The number of piperidine rings is 1. The van der Waals surface area contributed by atoms with Crippen LogP contribution in [0.2, 0.25) is 0 Å². The summed E-state index contributed by atoms with van der Waals surface area (Å²) >= 11 is 0. The molecule has 28 heavy (non-hydrogen) atoms. The molecule has 0 unspecified atom stereocenters. The Hall–Kier alpha value is -2.86. The van der Waals surface area contributed by atoms with Crippen molar-refractivity contribution in [2.75, 3.05) is 26.3 Å². The van der Waals surface area contributed by atoms with Gasteiger partial charge in [-0.3, -0.25) is 4.79 Å². The van der Waals surface area contributed by atoms with Crippen molar-refractivity contribution in [1.82, 2.24) is 4.90 Å². The number of nitrogens with zero attached hydrogens (tertiary/aromatic N) is 1. The van der Waals surface area contributed by atoms with Crippen LogP contribution in [-0.4, -0.2) is 53.5 Å². The van der Waals surface area contributed by atoms with E-state index in [-0.39, 0.29) is 12.5 Å². The monoisotopic (exact) mass is 383 g/mol. The molecule has 0 bridgehead atoms. The molecule has 1 amide bonds. The van der Waals surface area contributed by atoms with Crippen molar-refractivity contribution in [3.63, 3.8) is 0 Å². The van der Waals surface area contributed by atoms with Crippen LogP contribution in [0.4, 0.5) is 4.79 Å². The molecule has 1 heterocycles. The van der Waals surface area contributed by atoms with Crippen molar-refractivity contribution in [3.05, 3.63) is 71.8 Å². The number of ether oxygens (including phenoxy) is 1. The molecule has 148 valence electrons. The standard InChI is InChI=1S/C22H25NO5/c24-16-22(18-7-3-1-4-8-18,19-9-5-2-6-10-19)20(25)28-15-17-11-13-23(14-12-17)21(26)27/h1-10,17,24H,11-16H2,(H,26,27). The van der Waals surface area contributed by atoms with Gasteiger partial charge in [-0.2, -0.15) is 0 Å². The first-order valence-corrected chi connectivity index (χ1v) is 9.45. The van der Waals surface area contributed by atoms with Gasteiger partial charge in [-0.15, -0.1) is 0 Å². The van der Waals surface area contributed by atoms with Crippen molar-refractivity contribution in [1.29, 1.82) is 0 Å². The van der Waals surface area contributed by atoms with Gasteiger partial charge in [0.2, 0.25) is 0 Å². The fourth-order valence-corrected chi connectivity index (χ4v) is 3.70. The third-order valence-corrected chi connectivity index (χ3v) is 5.45. The van der Waals surface area contributed by atoms with Gasteiger partial charge in [0.05, 0.1) is 13.2 Å². The third kappa shape index (κ3) is 4.02. The van der Waals surface area contributed by atoms with Crippen LogP contribution < -0.4 is 0 Å². The van der Waals surface area contributed by atoms with Crippen molar-refractivity contribution in [2.24, 2.45) is 5.92 Å². The van der Waals surface area contributed by atoms with Gasteiger partial charge in [-0.05, 0) is 29.9 Å². The number of carbonyl (C=O) groups is 2. The number of carboxylic acid groups (broad SMARTS) is 1. The Balaban J connectivity index is 1.78. The average molecular weight is 383 g/mol. The first-order chi connectivity index (χ1) is 13.6. The van der Waals surface area contributed by atoms with Crippen LogP contribution >= 0.6 is 0 Å². The first-order valence-electron chi connectivity index (χ1n) is 9.45. The lowest BCUT2D eigenvalue weighted by molar-refractivity contribution is -0.152. The molecule has 3 rings (SSSR count). The van der Waals surface area contributed by atoms with Crippen molar-refractivity contribution in [3.8, 4) is 0 Å². The van der Waals surface area contributed by atoms with Gasteiger partial charge in [0.25, 0.3) is 0 Å². The first kappa shape index (κ1) is 19.9. The highest BCUT2D eigenvalue weighted by atomic mass is 16.5. The molecule has 6 nitrogen and oxygen atoms in total. The summed E-state index contributed by atoms with van der Waals surface area (Å²) in [5, 5.41) is 19.4. The summed E-state index contributed by atoms with van der Waals surface area (Å²) in [5.41, 5.74) is 0.0633. The van der Waals surface area contributed by atoms with Gasteiger partial charge in [0, 0.05) is 13.1 Å².